The first-order valence-corrected chi connectivity index (χ1v) is 9.96. The van der Waals surface area contributed by atoms with E-state index in [1.807, 2.05) is 24.3 Å². The van der Waals surface area contributed by atoms with Gasteiger partial charge < -0.3 is 14.8 Å². The number of aryl methyl sites for hydroxylation is 1. The summed E-state index contributed by atoms with van der Waals surface area (Å²) in [5, 5.41) is 12.3. The Hall–Kier alpha value is -2.81. The second-order valence-corrected chi connectivity index (χ2v) is 8.23. The second kappa shape index (κ2) is 8.47. The molecule has 0 aliphatic rings. The van der Waals surface area contributed by atoms with Crippen LogP contribution in [0.5, 0.6) is 0 Å². The molecule has 0 bridgehead atoms. The molecule has 3 rings (SSSR count). The van der Waals surface area contributed by atoms with Crippen molar-refractivity contribution in [3.05, 3.63) is 39.6 Å². The highest BCUT2D eigenvalue weighted by Crippen LogP contribution is 2.19. The summed E-state index contributed by atoms with van der Waals surface area (Å²) in [6, 6.07) is 7.42. The maximum atomic E-state index is 12.8. The number of hydrogen-bond donors (Lipinski definition) is 1. The summed E-state index contributed by atoms with van der Waals surface area (Å²) >= 11 is 1.38. The Morgan fingerprint density at radius 3 is 2.71 bits per heavy atom. The predicted molar refractivity (Wildman–Crippen MR) is 112 cm³/mol. The third-order valence-corrected chi connectivity index (χ3v) is 4.98. The van der Waals surface area contributed by atoms with E-state index in [0.717, 1.165) is 11.4 Å². The number of aromatic nitrogens is 4. The van der Waals surface area contributed by atoms with Crippen molar-refractivity contribution < 1.29 is 4.79 Å². The van der Waals surface area contributed by atoms with Gasteiger partial charge in [0.15, 0.2) is 5.82 Å². The number of carbonyl (C=O) groups is 1. The van der Waals surface area contributed by atoms with Crippen molar-refractivity contribution in [2.45, 2.75) is 33.2 Å². The van der Waals surface area contributed by atoms with Gasteiger partial charge in [-0.3, -0.25) is 9.59 Å². The molecule has 8 nitrogen and oxygen atoms in total. The van der Waals surface area contributed by atoms with E-state index < -0.39 is 0 Å². The molecule has 0 fully saturated rings. The van der Waals surface area contributed by atoms with Crippen LogP contribution in [0.3, 0.4) is 0 Å². The molecular weight excluding hydrogens is 376 g/mol. The quantitative estimate of drug-likeness (QED) is 0.655. The fourth-order valence-electron chi connectivity index (χ4n) is 2.82. The molecule has 0 aliphatic carbocycles. The van der Waals surface area contributed by atoms with Gasteiger partial charge in [-0.2, -0.15) is 0 Å². The molecule has 2 heterocycles. The van der Waals surface area contributed by atoms with E-state index in [1.54, 1.807) is 23.6 Å². The zero-order valence-corrected chi connectivity index (χ0v) is 17.3. The van der Waals surface area contributed by atoms with E-state index in [4.69, 9.17) is 0 Å². The molecule has 0 radical (unpaired) electrons. The van der Waals surface area contributed by atoms with Crippen LogP contribution in [-0.2, 0) is 17.8 Å². The van der Waals surface area contributed by atoms with Crippen molar-refractivity contribution in [3.8, 4) is 0 Å². The maximum absolute atomic E-state index is 12.8. The molecule has 0 saturated heterocycles. The zero-order valence-electron chi connectivity index (χ0n) is 16.5. The first-order valence-electron chi connectivity index (χ1n) is 9.14. The molecule has 1 aromatic carbocycles. The first kappa shape index (κ1) is 19.9. The maximum Gasteiger partial charge on any atom is 0.293 e. The summed E-state index contributed by atoms with van der Waals surface area (Å²) in [6.45, 7) is 4.48. The molecule has 148 valence electrons. The number of amides is 1. The second-order valence-electron chi connectivity index (χ2n) is 7.17. The lowest BCUT2D eigenvalue weighted by molar-refractivity contribution is -0.116. The van der Waals surface area contributed by atoms with Gasteiger partial charge in [0.2, 0.25) is 11.0 Å². The van der Waals surface area contributed by atoms with Crippen LogP contribution >= 0.6 is 11.3 Å². The lowest BCUT2D eigenvalue weighted by Gasteiger charge is -2.15. The topological polar surface area (TPSA) is 93.0 Å². The number of rotatable bonds is 7. The van der Waals surface area contributed by atoms with Crippen molar-refractivity contribution in [1.82, 2.24) is 19.7 Å². The Labute approximate surface area is 167 Å². The SMILES string of the molecule is CC(C)Cc1nnc(NC(=O)CCn2c(=O)c(N(C)C)nc3ccccc32)s1. The molecule has 0 spiro atoms. The summed E-state index contributed by atoms with van der Waals surface area (Å²) in [4.78, 5) is 31.3. The molecule has 0 unspecified atom stereocenters. The molecule has 3 aromatic rings. The molecule has 2 aromatic heterocycles. The smallest absolute Gasteiger partial charge is 0.293 e. The van der Waals surface area contributed by atoms with Crippen LogP contribution in [0.1, 0.15) is 25.3 Å². The van der Waals surface area contributed by atoms with Crippen LogP contribution < -0.4 is 15.8 Å². The fraction of sp³-hybridized carbons (Fsp3) is 0.421. The Kier molecular flexibility index (Phi) is 6.03. The highest BCUT2D eigenvalue weighted by molar-refractivity contribution is 7.15. The summed E-state index contributed by atoms with van der Waals surface area (Å²) in [5.74, 6) is 0.627. The largest absolute Gasteiger partial charge is 0.358 e. The monoisotopic (exact) mass is 400 g/mol. The number of hydrogen-bond acceptors (Lipinski definition) is 7. The van der Waals surface area contributed by atoms with Crippen LogP contribution in [0, 0.1) is 5.92 Å². The number of nitrogens with one attached hydrogen (secondary N) is 1. The lowest BCUT2D eigenvalue weighted by Crippen LogP contribution is -2.30. The van der Waals surface area contributed by atoms with Crippen LogP contribution in [0.15, 0.2) is 29.1 Å². The number of para-hydroxylation sites is 2. The summed E-state index contributed by atoms with van der Waals surface area (Å²) in [5.41, 5.74) is 1.21. The molecule has 0 saturated carbocycles. The van der Waals surface area contributed by atoms with E-state index in [1.165, 1.54) is 11.3 Å². The Morgan fingerprint density at radius 1 is 1.25 bits per heavy atom. The van der Waals surface area contributed by atoms with Gasteiger partial charge in [-0.25, -0.2) is 4.98 Å². The van der Waals surface area contributed by atoms with Crippen LogP contribution in [0.4, 0.5) is 10.9 Å². The van der Waals surface area contributed by atoms with Crippen LogP contribution in [-0.4, -0.2) is 39.8 Å². The van der Waals surface area contributed by atoms with E-state index >= 15 is 0 Å². The highest BCUT2D eigenvalue weighted by Gasteiger charge is 2.14. The summed E-state index contributed by atoms with van der Waals surface area (Å²) < 4.78 is 1.60. The minimum Gasteiger partial charge on any atom is -0.358 e. The Bertz CT molecular complexity index is 1040. The minimum atomic E-state index is -0.216. The standard InChI is InChI=1S/C19H24N6O2S/c1-12(2)11-16-22-23-19(28-16)21-15(26)9-10-25-14-8-6-5-7-13(14)20-17(18(25)27)24(3)4/h5-8,12H,9-11H2,1-4H3,(H,21,23,26). The minimum absolute atomic E-state index is 0.153. The molecule has 1 N–H and O–H groups in total. The Morgan fingerprint density at radius 2 is 2.00 bits per heavy atom. The molecule has 28 heavy (non-hydrogen) atoms. The van der Waals surface area contributed by atoms with Gasteiger partial charge in [0, 0.05) is 33.5 Å². The molecule has 1 amide bonds. The number of nitrogens with zero attached hydrogens (tertiary/aromatic N) is 5. The molecule has 0 atom stereocenters. The molecule has 9 heteroatoms. The van der Waals surface area contributed by atoms with Crippen LogP contribution in [0.2, 0.25) is 0 Å². The fourth-order valence-corrected chi connectivity index (χ4v) is 3.79. The van der Waals surface area contributed by atoms with Gasteiger partial charge in [-0.1, -0.05) is 37.3 Å². The van der Waals surface area contributed by atoms with E-state index in [9.17, 15) is 9.59 Å². The van der Waals surface area contributed by atoms with Crippen molar-refractivity contribution >= 4 is 39.2 Å². The van der Waals surface area contributed by atoms with Crippen LogP contribution in [0.25, 0.3) is 11.0 Å². The zero-order chi connectivity index (χ0) is 20.3. The molecular formula is C19H24N6O2S. The highest BCUT2D eigenvalue weighted by atomic mass is 32.1. The third-order valence-electron chi connectivity index (χ3n) is 4.12. The van der Waals surface area contributed by atoms with Crippen molar-refractivity contribution in [3.63, 3.8) is 0 Å². The van der Waals surface area contributed by atoms with E-state index in [0.29, 0.717) is 27.9 Å². The number of anilines is 2. The number of fused-ring (bicyclic) bond motifs is 1. The van der Waals surface area contributed by atoms with Gasteiger partial charge >= 0.3 is 0 Å². The van der Waals surface area contributed by atoms with Crippen molar-refractivity contribution in [2.75, 3.05) is 24.3 Å². The summed E-state index contributed by atoms with van der Waals surface area (Å²) in [6.07, 6.45) is 0.985. The van der Waals surface area contributed by atoms with Gasteiger partial charge in [-0.05, 0) is 18.1 Å². The predicted octanol–water partition coefficient (Wildman–Crippen LogP) is 2.54. The lowest BCUT2D eigenvalue weighted by atomic mass is 10.1. The third kappa shape index (κ3) is 4.53. The molecule has 0 aliphatic heterocycles. The number of carbonyl (C=O) groups excluding carboxylic acids is 1. The van der Waals surface area contributed by atoms with Gasteiger partial charge in [0.05, 0.1) is 11.0 Å². The van der Waals surface area contributed by atoms with Gasteiger partial charge in [0.1, 0.15) is 5.01 Å². The van der Waals surface area contributed by atoms with Gasteiger partial charge in [-0.15, -0.1) is 10.2 Å². The normalized spacial score (nSPS) is 11.2. The van der Waals surface area contributed by atoms with E-state index in [-0.39, 0.29) is 24.4 Å². The van der Waals surface area contributed by atoms with Crippen molar-refractivity contribution in [1.29, 1.82) is 0 Å². The average molecular weight is 401 g/mol. The summed E-state index contributed by atoms with van der Waals surface area (Å²) in [7, 11) is 3.56. The number of benzene rings is 1. The van der Waals surface area contributed by atoms with Crippen molar-refractivity contribution in [2.24, 2.45) is 5.92 Å². The Balaban J connectivity index is 1.76. The van der Waals surface area contributed by atoms with Gasteiger partial charge in [0.25, 0.3) is 5.56 Å². The average Bonchev–Trinajstić information content (AvgIpc) is 3.06. The van der Waals surface area contributed by atoms with E-state index in [2.05, 4.69) is 34.3 Å². The first-order chi connectivity index (χ1) is 13.3.